The maximum absolute atomic E-state index is 5.70. The van der Waals surface area contributed by atoms with Crippen molar-refractivity contribution in [3.8, 4) is 0 Å². The van der Waals surface area contributed by atoms with Crippen molar-refractivity contribution in [2.75, 3.05) is 5.73 Å². The minimum atomic E-state index is 0.811. The normalized spacial score (nSPS) is 10.5. The summed E-state index contributed by atoms with van der Waals surface area (Å²) in [6.07, 6.45) is 3.55. The Kier molecular flexibility index (Phi) is 2.67. The fraction of sp³-hybridized carbons (Fsp3) is 0.273. The number of nitrogens with two attached hydrogens (primary N) is 1. The molecule has 2 rings (SSSR count). The number of aryl methyl sites for hydroxylation is 3. The Morgan fingerprint density at radius 1 is 1.33 bits per heavy atom. The van der Waals surface area contributed by atoms with E-state index in [0.717, 1.165) is 24.4 Å². The van der Waals surface area contributed by atoms with Crippen LogP contribution in [0.4, 0.5) is 5.69 Å². The molecule has 1 heterocycles. The first-order chi connectivity index (χ1) is 7.25. The fourth-order valence-corrected chi connectivity index (χ4v) is 1.54. The van der Waals surface area contributed by atoms with Crippen LogP contribution in [0.15, 0.2) is 30.6 Å². The average Bonchev–Trinajstić information content (AvgIpc) is 2.61. The standard InChI is InChI=1S/C11H14N4/c1-15-8-13-14-11(15)6-5-9-3-2-4-10(12)7-9/h2-4,7-8H,5-6,12H2,1H3. The molecule has 2 aromatic rings. The lowest BCUT2D eigenvalue weighted by atomic mass is 10.1. The lowest BCUT2D eigenvalue weighted by Crippen LogP contribution is -2.00. The molecule has 0 amide bonds. The number of benzene rings is 1. The topological polar surface area (TPSA) is 56.7 Å². The van der Waals surface area contributed by atoms with Crippen LogP contribution in [0.3, 0.4) is 0 Å². The predicted molar refractivity (Wildman–Crippen MR) is 59.3 cm³/mol. The minimum Gasteiger partial charge on any atom is -0.399 e. The third-order valence-electron chi connectivity index (χ3n) is 2.39. The van der Waals surface area contributed by atoms with Gasteiger partial charge in [0.15, 0.2) is 0 Å². The highest BCUT2D eigenvalue weighted by molar-refractivity contribution is 5.40. The Bertz CT molecular complexity index is 447. The number of hydrogen-bond donors (Lipinski definition) is 1. The van der Waals surface area contributed by atoms with Gasteiger partial charge >= 0.3 is 0 Å². The van der Waals surface area contributed by atoms with E-state index in [1.165, 1.54) is 5.56 Å². The Morgan fingerprint density at radius 2 is 2.20 bits per heavy atom. The summed E-state index contributed by atoms with van der Waals surface area (Å²) in [4.78, 5) is 0. The zero-order valence-electron chi connectivity index (χ0n) is 8.72. The molecule has 15 heavy (non-hydrogen) atoms. The molecule has 0 aliphatic rings. The maximum Gasteiger partial charge on any atom is 0.132 e. The van der Waals surface area contributed by atoms with Gasteiger partial charge in [0.25, 0.3) is 0 Å². The smallest absolute Gasteiger partial charge is 0.132 e. The zero-order chi connectivity index (χ0) is 10.7. The molecule has 0 aliphatic heterocycles. The lowest BCUT2D eigenvalue weighted by Gasteiger charge is -2.02. The van der Waals surface area contributed by atoms with Crippen molar-refractivity contribution < 1.29 is 0 Å². The van der Waals surface area contributed by atoms with Crippen molar-refractivity contribution in [1.82, 2.24) is 14.8 Å². The van der Waals surface area contributed by atoms with Crippen molar-refractivity contribution in [1.29, 1.82) is 0 Å². The van der Waals surface area contributed by atoms with Crippen LogP contribution in [0.5, 0.6) is 0 Å². The first kappa shape index (κ1) is 9.71. The monoisotopic (exact) mass is 202 g/mol. The third kappa shape index (κ3) is 2.34. The number of anilines is 1. The van der Waals surface area contributed by atoms with Gasteiger partial charge in [-0.2, -0.15) is 0 Å². The summed E-state index contributed by atoms with van der Waals surface area (Å²) in [5.41, 5.74) is 7.75. The van der Waals surface area contributed by atoms with Gasteiger partial charge in [0, 0.05) is 19.2 Å². The third-order valence-corrected chi connectivity index (χ3v) is 2.39. The molecule has 4 nitrogen and oxygen atoms in total. The highest BCUT2D eigenvalue weighted by Gasteiger charge is 2.01. The summed E-state index contributed by atoms with van der Waals surface area (Å²) in [7, 11) is 1.95. The van der Waals surface area contributed by atoms with Crippen LogP contribution in [0.2, 0.25) is 0 Å². The molecule has 0 aliphatic carbocycles. The Labute approximate surface area is 88.8 Å². The highest BCUT2D eigenvalue weighted by atomic mass is 15.2. The minimum absolute atomic E-state index is 0.811. The quantitative estimate of drug-likeness (QED) is 0.760. The summed E-state index contributed by atoms with van der Waals surface area (Å²) in [5, 5.41) is 7.87. The van der Waals surface area contributed by atoms with Crippen LogP contribution in [0.25, 0.3) is 0 Å². The van der Waals surface area contributed by atoms with Gasteiger partial charge in [0.1, 0.15) is 12.2 Å². The van der Waals surface area contributed by atoms with Crippen molar-refractivity contribution in [2.24, 2.45) is 7.05 Å². The fourth-order valence-electron chi connectivity index (χ4n) is 1.54. The number of hydrogen-bond acceptors (Lipinski definition) is 3. The Balaban J connectivity index is 2.02. The largest absolute Gasteiger partial charge is 0.399 e. The van der Waals surface area contributed by atoms with Crippen LogP contribution in [-0.2, 0) is 19.9 Å². The molecular weight excluding hydrogens is 188 g/mol. The molecule has 2 N–H and O–H groups in total. The van der Waals surface area contributed by atoms with E-state index in [9.17, 15) is 0 Å². The second-order valence-corrected chi connectivity index (χ2v) is 3.60. The molecule has 1 aromatic carbocycles. The van der Waals surface area contributed by atoms with Crippen LogP contribution < -0.4 is 5.73 Å². The van der Waals surface area contributed by atoms with E-state index >= 15 is 0 Å². The van der Waals surface area contributed by atoms with Gasteiger partial charge in [-0.1, -0.05) is 12.1 Å². The first-order valence-electron chi connectivity index (χ1n) is 4.93. The molecule has 0 radical (unpaired) electrons. The number of rotatable bonds is 3. The van der Waals surface area contributed by atoms with Crippen LogP contribution in [0, 0.1) is 0 Å². The number of nitrogen functional groups attached to an aromatic ring is 1. The van der Waals surface area contributed by atoms with Gasteiger partial charge in [-0.3, -0.25) is 0 Å². The molecule has 0 unspecified atom stereocenters. The van der Waals surface area contributed by atoms with Crippen LogP contribution in [0.1, 0.15) is 11.4 Å². The second kappa shape index (κ2) is 4.13. The van der Waals surface area contributed by atoms with E-state index in [1.54, 1.807) is 6.33 Å². The summed E-state index contributed by atoms with van der Waals surface area (Å²) < 4.78 is 1.94. The van der Waals surface area contributed by atoms with E-state index in [4.69, 9.17) is 5.73 Å². The van der Waals surface area contributed by atoms with Gasteiger partial charge in [-0.05, 0) is 24.1 Å². The molecule has 0 saturated heterocycles. The second-order valence-electron chi connectivity index (χ2n) is 3.60. The van der Waals surface area contributed by atoms with Crippen molar-refractivity contribution in [2.45, 2.75) is 12.8 Å². The molecule has 0 atom stereocenters. The van der Waals surface area contributed by atoms with Gasteiger partial charge in [0.2, 0.25) is 0 Å². The first-order valence-corrected chi connectivity index (χ1v) is 4.93. The summed E-state index contributed by atoms with van der Waals surface area (Å²) in [6, 6.07) is 7.94. The molecule has 0 bridgehead atoms. The SMILES string of the molecule is Cn1cnnc1CCc1cccc(N)c1. The molecule has 0 spiro atoms. The Hall–Kier alpha value is -1.84. The van der Waals surface area contributed by atoms with E-state index in [0.29, 0.717) is 0 Å². The van der Waals surface area contributed by atoms with Crippen molar-refractivity contribution >= 4 is 5.69 Å². The van der Waals surface area contributed by atoms with Gasteiger partial charge < -0.3 is 10.3 Å². The van der Waals surface area contributed by atoms with E-state index in [1.807, 2.05) is 29.8 Å². The molecule has 78 valence electrons. The predicted octanol–water partition coefficient (Wildman–Crippen LogP) is 1.18. The summed E-state index contributed by atoms with van der Waals surface area (Å²) in [5.74, 6) is 0.998. The number of nitrogens with zero attached hydrogens (tertiary/aromatic N) is 3. The van der Waals surface area contributed by atoms with E-state index in [-0.39, 0.29) is 0 Å². The molecular formula is C11H14N4. The Morgan fingerprint density at radius 3 is 2.87 bits per heavy atom. The molecule has 0 saturated carbocycles. The maximum atomic E-state index is 5.70. The van der Waals surface area contributed by atoms with Gasteiger partial charge in [0.05, 0.1) is 0 Å². The van der Waals surface area contributed by atoms with Crippen molar-refractivity contribution in [3.63, 3.8) is 0 Å². The van der Waals surface area contributed by atoms with Crippen molar-refractivity contribution in [3.05, 3.63) is 42.0 Å². The lowest BCUT2D eigenvalue weighted by molar-refractivity contribution is 0.770. The van der Waals surface area contributed by atoms with Gasteiger partial charge in [-0.25, -0.2) is 0 Å². The highest BCUT2D eigenvalue weighted by Crippen LogP contribution is 2.09. The molecule has 4 heteroatoms. The summed E-state index contributed by atoms with van der Waals surface area (Å²) >= 11 is 0. The van der Waals surface area contributed by atoms with E-state index in [2.05, 4.69) is 16.3 Å². The van der Waals surface area contributed by atoms with Crippen LogP contribution in [-0.4, -0.2) is 14.8 Å². The molecule has 0 fully saturated rings. The zero-order valence-corrected chi connectivity index (χ0v) is 8.72. The van der Waals surface area contributed by atoms with E-state index < -0.39 is 0 Å². The number of aromatic nitrogens is 3. The average molecular weight is 202 g/mol. The van der Waals surface area contributed by atoms with Gasteiger partial charge in [-0.15, -0.1) is 10.2 Å². The summed E-state index contributed by atoms with van der Waals surface area (Å²) in [6.45, 7) is 0. The van der Waals surface area contributed by atoms with Crippen LogP contribution >= 0.6 is 0 Å². The molecule has 1 aromatic heterocycles.